The molecule has 1 heterocycles. The Morgan fingerprint density at radius 1 is 1.22 bits per heavy atom. The third kappa shape index (κ3) is 2.92. The van der Waals surface area contributed by atoms with Crippen LogP contribution in [-0.4, -0.2) is 10.1 Å². The smallest absolute Gasteiger partial charge is 0.0990 e. The van der Waals surface area contributed by atoms with Gasteiger partial charge < -0.3 is 5.11 Å². The van der Waals surface area contributed by atoms with Crippen LogP contribution in [0.15, 0.2) is 24.4 Å². The van der Waals surface area contributed by atoms with Crippen molar-refractivity contribution >= 4 is 0 Å². The minimum absolute atomic E-state index is 0.364. The predicted octanol–water partition coefficient (Wildman–Crippen LogP) is 3.82. The highest BCUT2D eigenvalue weighted by Crippen LogP contribution is 2.43. The van der Waals surface area contributed by atoms with Crippen LogP contribution < -0.4 is 0 Å². The number of hydrogen-bond acceptors (Lipinski definition) is 2. The zero-order valence-electron chi connectivity index (χ0n) is 11.7. The Morgan fingerprint density at radius 2 is 2.00 bits per heavy atom. The van der Waals surface area contributed by atoms with Gasteiger partial charge in [-0.25, -0.2) is 0 Å². The standard InChI is InChI=1S/C16H25NO/c1-11(2)13-8-7-12(3)10-14(13)16(18)15-6-4-5-9-17-15/h4-6,9,11-14,16,18H,7-8,10H2,1-3H3/t12-,13+,14-,16+/m1/s1. The molecule has 18 heavy (non-hydrogen) atoms. The van der Waals surface area contributed by atoms with Crippen molar-refractivity contribution in [2.24, 2.45) is 23.7 Å². The van der Waals surface area contributed by atoms with E-state index >= 15 is 0 Å². The molecule has 1 fully saturated rings. The van der Waals surface area contributed by atoms with Crippen molar-refractivity contribution < 1.29 is 5.11 Å². The largest absolute Gasteiger partial charge is 0.387 e. The lowest BCUT2D eigenvalue weighted by molar-refractivity contribution is 0.0121. The molecular weight excluding hydrogens is 222 g/mol. The number of aliphatic hydroxyl groups is 1. The van der Waals surface area contributed by atoms with Crippen molar-refractivity contribution in [3.8, 4) is 0 Å². The van der Waals surface area contributed by atoms with Crippen molar-refractivity contribution in [3.05, 3.63) is 30.1 Å². The van der Waals surface area contributed by atoms with Crippen LogP contribution in [0.4, 0.5) is 0 Å². The van der Waals surface area contributed by atoms with Gasteiger partial charge in [0.15, 0.2) is 0 Å². The molecule has 0 aliphatic heterocycles. The van der Waals surface area contributed by atoms with Crippen molar-refractivity contribution in [2.45, 2.75) is 46.1 Å². The maximum Gasteiger partial charge on any atom is 0.0990 e. The summed E-state index contributed by atoms with van der Waals surface area (Å²) in [6.45, 7) is 6.85. The van der Waals surface area contributed by atoms with Crippen molar-refractivity contribution in [1.29, 1.82) is 0 Å². The Hall–Kier alpha value is -0.890. The number of pyridine rings is 1. The van der Waals surface area contributed by atoms with Crippen LogP contribution in [-0.2, 0) is 0 Å². The second kappa shape index (κ2) is 5.83. The third-order valence-corrected chi connectivity index (χ3v) is 4.47. The first-order valence-corrected chi connectivity index (χ1v) is 7.18. The number of aromatic nitrogens is 1. The molecule has 2 heteroatoms. The van der Waals surface area contributed by atoms with E-state index in [2.05, 4.69) is 25.8 Å². The summed E-state index contributed by atoms with van der Waals surface area (Å²) in [7, 11) is 0. The van der Waals surface area contributed by atoms with Gasteiger partial charge in [-0.2, -0.15) is 0 Å². The molecule has 2 nitrogen and oxygen atoms in total. The van der Waals surface area contributed by atoms with Crippen LogP contribution >= 0.6 is 0 Å². The van der Waals surface area contributed by atoms with E-state index in [1.54, 1.807) is 6.20 Å². The first kappa shape index (κ1) is 13.5. The molecule has 1 saturated carbocycles. The molecule has 4 atom stereocenters. The Labute approximate surface area is 110 Å². The van der Waals surface area contributed by atoms with Gasteiger partial charge >= 0.3 is 0 Å². The van der Waals surface area contributed by atoms with Gasteiger partial charge in [-0.05, 0) is 48.6 Å². The van der Waals surface area contributed by atoms with Crippen LogP contribution in [0, 0.1) is 23.7 Å². The quantitative estimate of drug-likeness (QED) is 0.880. The SMILES string of the molecule is CC(C)[C@@H]1CC[C@@H](C)C[C@H]1[C@H](O)c1ccccn1. The van der Waals surface area contributed by atoms with Gasteiger partial charge in [0.1, 0.15) is 0 Å². The van der Waals surface area contributed by atoms with E-state index in [0.29, 0.717) is 17.8 Å². The molecule has 0 radical (unpaired) electrons. The molecule has 0 spiro atoms. The van der Waals surface area contributed by atoms with Gasteiger partial charge in [-0.1, -0.05) is 33.3 Å². The van der Waals surface area contributed by atoms with Crippen LogP contribution in [0.3, 0.4) is 0 Å². The Morgan fingerprint density at radius 3 is 2.61 bits per heavy atom. The van der Waals surface area contributed by atoms with Gasteiger partial charge in [-0.3, -0.25) is 4.98 Å². The van der Waals surface area contributed by atoms with E-state index in [9.17, 15) is 5.11 Å². The van der Waals surface area contributed by atoms with Crippen LogP contribution in [0.25, 0.3) is 0 Å². The summed E-state index contributed by atoms with van der Waals surface area (Å²) in [4.78, 5) is 4.32. The third-order valence-electron chi connectivity index (χ3n) is 4.47. The molecule has 1 aliphatic carbocycles. The number of rotatable bonds is 3. The van der Waals surface area contributed by atoms with Gasteiger partial charge in [0, 0.05) is 6.20 Å². The highest BCUT2D eigenvalue weighted by Gasteiger charge is 2.36. The molecule has 0 amide bonds. The second-order valence-corrected chi connectivity index (χ2v) is 6.19. The molecule has 1 aliphatic rings. The Balaban J connectivity index is 2.17. The minimum Gasteiger partial charge on any atom is -0.387 e. The van der Waals surface area contributed by atoms with Gasteiger partial charge in [0.05, 0.1) is 11.8 Å². The lowest BCUT2D eigenvalue weighted by Gasteiger charge is -2.39. The summed E-state index contributed by atoms with van der Waals surface area (Å²) in [5.74, 6) is 2.35. The molecule has 2 rings (SSSR count). The van der Waals surface area contributed by atoms with E-state index in [0.717, 1.165) is 18.0 Å². The maximum absolute atomic E-state index is 10.6. The lowest BCUT2D eigenvalue weighted by Crippen LogP contribution is -2.32. The van der Waals surface area contributed by atoms with Crippen LogP contribution in [0.2, 0.25) is 0 Å². The highest BCUT2D eigenvalue weighted by atomic mass is 16.3. The minimum atomic E-state index is -0.402. The summed E-state index contributed by atoms with van der Waals surface area (Å²) < 4.78 is 0. The highest BCUT2D eigenvalue weighted by molar-refractivity contribution is 5.08. The van der Waals surface area contributed by atoms with Gasteiger partial charge in [-0.15, -0.1) is 0 Å². The molecule has 0 saturated heterocycles. The van der Waals surface area contributed by atoms with E-state index in [1.807, 2.05) is 18.2 Å². The molecule has 100 valence electrons. The van der Waals surface area contributed by atoms with Crippen LogP contribution in [0.5, 0.6) is 0 Å². The predicted molar refractivity (Wildman–Crippen MR) is 74.0 cm³/mol. The van der Waals surface area contributed by atoms with E-state index < -0.39 is 6.10 Å². The molecule has 1 aromatic rings. The number of nitrogens with zero attached hydrogens (tertiary/aromatic N) is 1. The summed E-state index contributed by atoms with van der Waals surface area (Å²) in [6, 6.07) is 5.81. The lowest BCUT2D eigenvalue weighted by atomic mass is 9.67. The van der Waals surface area contributed by atoms with Crippen molar-refractivity contribution in [1.82, 2.24) is 4.98 Å². The second-order valence-electron chi connectivity index (χ2n) is 6.19. The monoisotopic (exact) mass is 247 g/mol. The Kier molecular flexibility index (Phi) is 4.39. The zero-order valence-corrected chi connectivity index (χ0v) is 11.7. The topological polar surface area (TPSA) is 33.1 Å². The molecule has 0 bridgehead atoms. The van der Waals surface area contributed by atoms with E-state index in [-0.39, 0.29) is 0 Å². The van der Waals surface area contributed by atoms with Gasteiger partial charge in [0.2, 0.25) is 0 Å². The average Bonchev–Trinajstić information content (AvgIpc) is 2.38. The van der Waals surface area contributed by atoms with Crippen LogP contribution in [0.1, 0.15) is 51.8 Å². The molecule has 1 N–H and O–H groups in total. The molecular formula is C16H25NO. The maximum atomic E-state index is 10.6. The molecule has 1 aromatic heterocycles. The first-order chi connectivity index (χ1) is 8.59. The van der Waals surface area contributed by atoms with E-state index in [1.165, 1.54) is 12.8 Å². The summed E-state index contributed by atoms with van der Waals surface area (Å²) in [6.07, 6.45) is 5.04. The fourth-order valence-electron chi connectivity index (χ4n) is 3.41. The fourth-order valence-corrected chi connectivity index (χ4v) is 3.41. The number of hydrogen-bond donors (Lipinski definition) is 1. The normalized spacial score (nSPS) is 30.4. The Bertz CT molecular complexity index is 363. The fraction of sp³-hybridized carbons (Fsp3) is 0.688. The molecule has 0 unspecified atom stereocenters. The van der Waals surface area contributed by atoms with Gasteiger partial charge in [0.25, 0.3) is 0 Å². The summed E-state index contributed by atoms with van der Waals surface area (Å²) in [5.41, 5.74) is 0.835. The van der Waals surface area contributed by atoms with Crippen molar-refractivity contribution in [2.75, 3.05) is 0 Å². The summed E-state index contributed by atoms with van der Waals surface area (Å²) in [5, 5.41) is 10.6. The molecule has 0 aromatic carbocycles. The summed E-state index contributed by atoms with van der Waals surface area (Å²) >= 11 is 0. The average molecular weight is 247 g/mol. The zero-order chi connectivity index (χ0) is 13.1. The first-order valence-electron chi connectivity index (χ1n) is 7.18. The van der Waals surface area contributed by atoms with Crippen molar-refractivity contribution in [3.63, 3.8) is 0 Å². The number of aliphatic hydroxyl groups excluding tert-OH is 1. The van der Waals surface area contributed by atoms with E-state index in [4.69, 9.17) is 0 Å².